The molecule has 0 heterocycles. The minimum absolute atomic E-state index is 0.0882. The van der Waals surface area contributed by atoms with Crippen molar-refractivity contribution < 1.29 is 19.4 Å². The molecule has 0 aromatic heterocycles. The second-order valence-corrected chi connectivity index (χ2v) is 3.36. The summed E-state index contributed by atoms with van der Waals surface area (Å²) in [7, 11) is 1.78. The topological polar surface area (TPSA) is 66.8 Å². The Bertz CT molecular complexity index is 250. The average Bonchev–Trinajstić information content (AvgIpc) is 2.14. The molecule has 0 saturated heterocycles. The van der Waals surface area contributed by atoms with Gasteiger partial charge in [0.15, 0.2) is 0 Å². The van der Waals surface area contributed by atoms with E-state index in [9.17, 15) is 9.59 Å². The largest absolute Gasteiger partial charge is 0.481 e. The third-order valence-electron chi connectivity index (χ3n) is 1.76. The zero-order valence-corrected chi connectivity index (χ0v) is 9.15. The van der Waals surface area contributed by atoms with E-state index in [-0.39, 0.29) is 13.0 Å². The maximum atomic E-state index is 11.0. The number of hydrogen-bond acceptors (Lipinski definition) is 4. The summed E-state index contributed by atoms with van der Waals surface area (Å²) in [5, 5.41) is 8.43. The number of hydrogen-bond donors (Lipinski definition) is 1. The van der Waals surface area contributed by atoms with Crippen molar-refractivity contribution in [3.05, 3.63) is 12.2 Å². The highest BCUT2D eigenvalue weighted by Crippen LogP contribution is 1.93. The molecule has 0 unspecified atom stereocenters. The monoisotopic (exact) mass is 215 g/mol. The van der Waals surface area contributed by atoms with Crippen LogP contribution in [0, 0.1) is 0 Å². The summed E-state index contributed by atoms with van der Waals surface area (Å²) in [6, 6.07) is 0. The number of aliphatic carboxylic acids is 1. The Kier molecular flexibility index (Phi) is 6.37. The van der Waals surface area contributed by atoms with Crippen molar-refractivity contribution in [3.63, 3.8) is 0 Å². The standard InChI is InChI=1S/C10H17NO4/c1-8(2)10(14)15-7-6-11(3)5-4-9(12)13/h1,4-7H2,2-3H3,(H,12,13). The van der Waals surface area contributed by atoms with Crippen LogP contribution in [-0.4, -0.2) is 48.7 Å². The van der Waals surface area contributed by atoms with Gasteiger partial charge in [-0.05, 0) is 14.0 Å². The van der Waals surface area contributed by atoms with Crippen LogP contribution < -0.4 is 0 Å². The second-order valence-electron chi connectivity index (χ2n) is 3.36. The molecule has 0 bridgehead atoms. The molecule has 0 aliphatic rings. The van der Waals surface area contributed by atoms with Crippen LogP contribution in [0.25, 0.3) is 0 Å². The van der Waals surface area contributed by atoms with E-state index in [2.05, 4.69) is 6.58 Å². The van der Waals surface area contributed by atoms with Crippen molar-refractivity contribution in [2.24, 2.45) is 0 Å². The van der Waals surface area contributed by atoms with Crippen molar-refractivity contribution in [2.75, 3.05) is 26.7 Å². The predicted molar refractivity (Wildman–Crippen MR) is 55.5 cm³/mol. The molecule has 5 heteroatoms. The molecular formula is C10H17NO4. The zero-order chi connectivity index (χ0) is 11.8. The van der Waals surface area contributed by atoms with E-state index >= 15 is 0 Å². The lowest BCUT2D eigenvalue weighted by atomic mass is 10.4. The summed E-state index contributed by atoms with van der Waals surface area (Å²) >= 11 is 0. The quantitative estimate of drug-likeness (QED) is 0.495. The minimum Gasteiger partial charge on any atom is -0.481 e. The number of carbonyl (C=O) groups excluding carboxylic acids is 1. The number of ether oxygens (including phenoxy) is 1. The first-order chi connectivity index (χ1) is 6.93. The van der Waals surface area contributed by atoms with E-state index < -0.39 is 11.9 Å². The molecule has 0 saturated carbocycles. The van der Waals surface area contributed by atoms with E-state index in [0.717, 1.165) is 0 Å². The van der Waals surface area contributed by atoms with Crippen LogP contribution in [0.2, 0.25) is 0 Å². The molecule has 0 atom stereocenters. The van der Waals surface area contributed by atoms with Gasteiger partial charge >= 0.3 is 11.9 Å². The molecule has 1 N–H and O–H groups in total. The average molecular weight is 215 g/mol. The maximum Gasteiger partial charge on any atom is 0.333 e. The molecule has 0 fully saturated rings. The summed E-state index contributed by atoms with van der Waals surface area (Å²) in [5.74, 6) is -1.25. The number of esters is 1. The van der Waals surface area contributed by atoms with Crippen molar-refractivity contribution in [1.29, 1.82) is 0 Å². The number of rotatable bonds is 7. The van der Waals surface area contributed by atoms with Crippen LogP contribution in [0.3, 0.4) is 0 Å². The highest BCUT2D eigenvalue weighted by molar-refractivity contribution is 5.86. The lowest BCUT2D eigenvalue weighted by Gasteiger charge is -2.14. The molecule has 0 radical (unpaired) electrons. The fraction of sp³-hybridized carbons (Fsp3) is 0.600. The number of carboxylic acids is 1. The normalized spacial score (nSPS) is 10.1. The molecule has 0 aliphatic carbocycles. The van der Waals surface area contributed by atoms with Gasteiger partial charge in [-0.15, -0.1) is 0 Å². The molecule has 0 aromatic rings. The highest BCUT2D eigenvalue weighted by atomic mass is 16.5. The van der Waals surface area contributed by atoms with Gasteiger partial charge in [0.1, 0.15) is 6.61 Å². The zero-order valence-electron chi connectivity index (χ0n) is 9.15. The fourth-order valence-corrected chi connectivity index (χ4v) is 0.816. The SMILES string of the molecule is C=C(C)C(=O)OCCN(C)CCC(=O)O. The lowest BCUT2D eigenvalue weighted by molar-refractivity contribution is -0.140. The number of likely N-dealkylation sites (N-methyl/N-ethyl adjacent to an activating group) is 1. The summed E-state index contributed by atoms with van der Waals surface area (Å²) in [4.78, 5) is 23.0. The molecular weight excluding hydrogens is 198 g/mol. The van der Waals surface area contributed by atoms with Gasteiger partial charge in [-0.1, -0.05) is 6.58 Å². The Labute approximate surface area is 89.3 Å². The van der Waals surface area contributed by atoms with E-state index in [4.69, 9.17) is 9.84 Å². The Morgan fingerprint density at radius 2 is 2.00 bits per heavy atom. The van der Waals surface area contributed by atoms with Gasteiger partial charge in [-0.3, -0.25) is 4.79 Å². The van der Waals surface area contributed by atoms with E-state index in [1.807, 2.05) is 0 Å². The summed E-state index contributed by atoms with van der Waals surface area (Å²) in [6.45, 7) is 6.24. The van der Waals surface area contributed by atoms with Gasteiger partial charge in [-0.2, -0.15) is 0 Å². The van der Waals surface area contributed by atoms with Crippen molar-refractivity contribution in [3.8, 4) is 0 Å². The number of carbonyl (C=O) groups is 2. The first-order valence-corrected chi connectivity index (χ1v) is 4.66. The summed E-state index contributed by atoms with van der Waals surface area (Å²) in [5.41, 5.74) is 0.364. The molecule has 0 aliphatic heterocycles. The Morgan fingerprint density at radius 3 is 2.47 bits per heavy atom. The molecule has 0 rings (SSSR count). The first-order valence-electron chi connectivity index (χ1n) is 4.66. The Morgan fingerprint density at radius 1 is 1.40 bits per heavy atom. The van der Waals surface area contributed by atoms with Crippen molar-refractivity contribution in [1.82, 2.24) is 4.90 Å². The van der Waals surface area contributed by atoms with E-state index in [1.165, 1.54) is 0 Å². The summed E-state index contributed by atoms with van der Waals surface area (Å²) < 4.78 is 4.85. The lowest BCUT2D eigenvalue weighted by Crippen LogP contribution is -2.26. The van der Waals surface area contributed by atoms with E-state index in [0.29, 0.717) is 18.7 Å². The highest BCUT2D eigenvalue weighted by Gasteiger charge is 2.05. The molecule has 0 aromatic carbocycles. The van der Waals surface area contributed by atoms with Crippen LogP contribution in [-0.2, 0) is 14.3 Å². The molecule has 15 heavy (non-hydrogen) atoms. The molecule has 0 amide bonds. The fourth-order valence-electron chi connectivity index (χ4n) is 0.816. The van der Waals surface area contributed by atoms with E-state index in [1.54, 1.807) is 18.9 Å². The summed E-state index contributed by atoms with van der Waals surface area (Å²) in [6.07, 6.45) is 0.0882. The molecule has 0 spiro atoms. The number of carboxylic acid groups (broad SMARTS) is 1. The number of nitrogens with zero attached hydrogens (tertiary/aromatic N) is 1. The van der Waals surface area contributed by atoms with Crippen LogP contribution in [0.5, 0.6) is 0 Å². The van der Waals surface area contributed by atoms with Crippen LogP contribution in [0.1, 0.15) is 13.3 Å². The smallest absolute Gasteiger partial charge is 0.333 e. The van der Waals surface area contributed by atoms with Crippen LogP contribution >= 0.6 is 0 Å². The molecule has 5 nitrogen and oxygen atoms in total. The van der Waals surface area contributed by atoms with Gasteiger partial charge in [0.2, 0.25) is 0 Å². The Balaban J connectivity index is 3.54. The third kappa shape index (κ3) is 7.69. The van der Waals surface area contributed by atoms with Gasteiger partial charge < -0.3 is 14.7 Å². The van der Waals surface area contributed by atoms with Gasteiger partial charge in [0, 0.05) is 18.7 Å². The predicted octanol–water partition coefficient (Wildman–Crippen LogP) is 0.512. The van der Waals surface area contributed by atoms with Gasteiger partial charge in [0.05, 0.1) is 6.42 Å². The Hall–Kier alpha value is -1.36. The minimum atomic E-state index is -0.833. The van der Waals surface area contributed by atoms with Gasteiger partial charge in [-0.25, -0.2) is 4.79 Å². The second kappa shape index (κ2) is 7.00. The molecule has 86 valence electrons. The van der Waals surface area contributed by atoms with Crippen LogP contribution in [0.15, 0.2) is 12.2 Å². The van der Waals surface area contributed by atoms with Gasteiger partial charge in [0.25, 0.3) is 0 Å². The van der Waals surface area contributed by atoms with Crippen molar-refractivity contribution >= 4 is 11.9 Å². The van der Waals surface area contributed by atoms with Crippen LogP contribution in [0.4, 0.5) is 0 Å². The third-order valence-corrected chi connectivity index (χ3v) is 1.76. The van der Waals surface area contributed by atoms with Crippen molar-refractivity contribution in [2.45, 2.75) is 13.3 Å². The maximum absolute atomic E-state index is 11.0. The first kappa shape index (κ1) is 13.6.